The molecule has 13 heavy (non-hydrogen) atoms. The molecule has 1 fully saturated rings. The van der Waals surface area contributed by atoms with Crippen LogP contribution in [0.5, 0.6) is 0 Å². The molecule has 2 nitrogen and oxygen atoms in total. The van der Waals surface area contributed by atoms with Gasteiger partial charge in [-0.05, 0) is 32.7 Å². The highest BCUT2D eigenvalue weighted by molar-refractivity contribution is 6.18. The fraction of sp³-hybridized carbons (Fsp3) is 1.00. The van der Waals surface area contributed by atoms with E-state index in [1.54, 1.807) is 7.11 Å². The maximum Gasteiger partial charge on any atom is 0.0477 e. The molecule has 0 amide bonds. The van der Waals surface area contributed by atoms with Gasteiger partial charge in [0.05, 0.1) is 0 Å². The average molecular weight is 206 g/mol. The van der Waals surface area contributed by atoms with Gasteiger partial charge in [0.1, 0.15) is 0 Å². The number of hydrogen-bond acceptors (Lipinski definition) is 2. The maximum atomic E-state index is 5.91. The minimum absolute atomic E-state index is 0.605. The zero-order valence-electron chi connectivity index (χ0n) is 8.63. The molecule has 0 N–H and O–H groups in total. The van der Waals surface area contributed by atoms with Crippen LogP contribution in [0, 0.1) is 0 Å². The van der Waals surface area contributed by atoms with E-state index in [-0.39, 0.29) is 0 Å². The van der Waals surface area contributed by atoms with Crippen molar-refractivity contribution in [1.82, 2.24) is 4.90 Å². The van der Waals surface area contributed by atoms with Crippen molar-refractivity contribution >= 4 is 11.6 Å². The largest absolute Gasteiger partial charge is 0.385 e. The van der Waals surface area contributed by atoms with Crippen LogP contribution in [0.1, 0.15) is 26.2 Å². The van der Waals surface area contributed by atoms with Gasteiger partial charge in [-0.2, -0.15) is 0 Å². The second-order valence-corrected chi connectivity index (χ2v) is 4.13. The summed E-state index contributed by atoms with van der Waals surface area (Å²) >= 11 is 5.91. The quantitative estimate of drug-likeness (QED) is 0.638. The summed E-state index contributed by atoms with van der Waals surface area (Å²) in [5, 5.41) is 0. The summed E-state index contributed by atoms with van der Waals surface area (Å²) in [6, 6.07) is 1.22. The zero-order valence-corrected chi connectivity index (χ0v) is 9.39. The molecule has 3 heteroatoms. The van der Waals surface area contributed by atoms with E-state index in [0.29, 0.717) is 12.1 Å². The molecule has 1 saturated heterocycles. The Hall–Kier alpha value is 0.210. The van der Waals surface area contributed by atoms with Crippen LogP contribution in [0.15, 0.2) is 0 Å². The van der Waals surface area contributed by atoms with E-state index in [1.165, 1.54) is 19.4 Å². The predicted octanol–water partition coefficient (Wildman–Crippen LogP) is 2.11. The number of alkyl halides is 1. The average Bonchev–Trinajstić information content (AvgIpc) is 2.61. The van der Waals surface area contributed by atoms with Gasteiger partial charge in [0.15, 0.2) is 0 Å². The number of ether oxygens (including phenoxy) is 1. The van der Waals surface area contributed by atoms with Gasteiger partial charge < -0.3 is 4.74 Å². The molecular formula is C10H20ClNO. The van der Waals surface area contributed by atoms with E-state index in [1.807, 2.05) is 0 Å². The molecule has 0 aromatic heterocycles. The van der Waals surface area contributed by atoms with Gasteiger partial charge in [-0.25, -0.2) is 0 Å². The Kier molecular flexibility index (Phi) is 5.07. The van der Waals surface area contributed by atoms with Crippen molar-refractivity contribution in [1.29, 1.82) is 0 Å². The summed E-state index contributed by atoms with van der Waals surface area (Å²) in [4.78, 5) is 2.52. The Morgan fingerprint density at radius 2 is 2.38 bits per heavy atom. The molecule has 2 unspecified atom stereocenters. The highest BCUT2D eigenvalue weighted by Crippen LogP contribution is 2.22. The summed E-state index contributed by atoms with van der Waals surface area (Å²) in [7, 11) is 1.76. The third kappa shape index (κ3) is 3.12. The normalized spacial score (nSPS) is 26.5. The van der Waals surface area contributed by atoms with E-state index in [4.69, 9.17) is 16.3 Å². The van der Waals surface area contributed by atoms with Crippen molar-refractivity contribution in [3.05, 3.63) is 0 Å². The summed E-state index contributed by atoms with van der Waals surface area (Å²) < 4.78 is 5.08. The van der Waals surface area contributed by atoms with Crippen LogP contribution >= 0.6 is 11.6 Å². The first kappa shape index (κ1) is 11.3. The smallest absolute Gasteiger partial charge is 0.0477 e. The molecule has 2 atom stereocenters. The summed E-state index contributed by atoms with van der Waals surface area (Å²) in [6.07, 6.45) is 3.68. The second-order valence-electron chi connectivity index (χ2n) is 3.82. The van der Waals surface area contributed by atoms with Gasteiger partial charge in [0.2, 0.25) is 0 Å². The first-order valence-electron chi connectivity index (χ1n) is 5.10. The monoisotopic (exact) mass is 205 g/mol. The lowest BCUT2D eigenvalue weighted by Gasteiger charge is -2.29. The van der Waals surface area contributed by atoms with Crippen molar-refractivity contribution < 1.29 is 4.74 Å². The van der Waals surface area contributed by atoms with Crippen LogP contribution in [0.3, 0.4) is 0 Å². The first-order valence-corrected chi connectivity index (χ1v) is 5.63. The first-order chi connectivity index (χ1) is 6.29. The molecule has 1 aliphatic heterocycles. The van der Waals surface area contributed by atoms with Gasteiger partial charge in [-0.3, -0.25) is 4.90 Å². The van der Waals surface area contributed by atoms with Crippen molar-refractivity contribution in [2.45, 2.75) is 38.3 Å². The molecule has 1 rings (SSSR count). The lowest BCUT2D eigenvalue weighted by Crippen LogP contribution is -2.38. The van der Waals surface area contributed by atoms with Crippen LogP contribution in [0.25, 0.3) is 0 Å². The minimum Gasteiger partial charge on any atom is -0.385 e. The van der Waals surface area contributed by atoms with Crippen LogP contribution < -0.4 is 0 Å². The summed E-state index contributed by atoms with van der Waals surface area (Å²) in [6.45, 7) is 4.33. The molecule has 0 spiro atoms. The Morgan fingerprint density at radius 1 is 1.62 bits per heavy atom. The molecular weight excluding hydrogens is 186 g/mol. The molecule has 1 aliphatic rings. The van der Waals surface area contributed by atoms with E-state index in [2.05, 4.69) is 11.8 Å². The number of halogens is 1. The van der Waals surface area contributed by atoms with Crippen LogP contribution in [0.4, 0.5) is 0 Å². The van der Waals surface area contributed by atoms with Crippen LogP contribution in [0.2, 0.25) is 0 Å². The van der Waals surface area contributed by atoms with Gasteiger partial charge in [-0.15, -0.1) is 11.6 Å². The Morgan fingerprint density at radius 3 is 3.00 bits per heavy atom. The number of hydrogen-bond donors (Lipinski definition) is 0. The fourth-order valence-electron chi connectivity index (χ4n) is 2.06. The van der Waals surface area contributed by atoms with Gasteiger partial charge in [-0.1, -0.05) is 0 Å². The predicted molar refractivity (Wildman–Crippen MR) is 56.4 cm³/mol. The number of rotatable bonds is 5. The van der Waals surface area contributed by atoms with E-state index in [0.717, 1.165) is 18.9 Å². The molecule has 78 valence electrons. The lowest BCUT2D eigenvalue weighted by molar-refractivity contribution is 0.135. The lowest BCUT2D eigenvalue weighted by atomic mass is 10.2. The number of methoxy groups -OCH3 is 1. The van der Waals surface area contributed by atoms with Crippen molar-refractivity contribution in [3.63, 3.8) is 0 Å². The van der Waals surface area contributed by atoms with Crippen LogP contribution in [-0.4, -0.2) is 43.1 Å². The zero-order chi connectivity index (χ0) is 9.68. The molecule has 0 aliphatic carbocycles. The Bertz CT molecular complexity index is 143. The van der Waals surface area contributed by atoms with Crippen molar-refractivity contribution in [2.75, 3.05) is 26.1 Å². The van der Waals surface area contributed by atoms with Gasteiger partial charge in [0.25, 0.3) is 0 Å². The molecule has 0 bridgehead atoms. The number of likely N-dealkylation sites (tertiary alicyclic amines) is 1. The SMILES string of the molecule is COCCC(C)N1CCCC1CCl. The summed E-state index contributed by atoms with van der Waals surface area (Å²) in [5.74, 6) is 0.775. The third-order valence-electron chi connectivity index (χ3n) is 2.91. The van der Waals surface area contributed by atoms with Gasteiger partial charge in [0, 0.05) is 31.7 Å². The van der Waals surface area contributed by atoms with Crippen molar-refractivity contribution in [3.8, 4) is 0 Å². The molecule has 0 aromatic rings. The Labute approximate surface area is 86.2 Å². The minimum atomic E-state index is 0.605. The van der Waals surface area contributed by atoms with Crippen LogP contribution in [-0.2, 0) is 4.74 Å². The molecule has 0 aromatic carbocycles. The van der Waals surface area contributed by atoms with E-state index >= 15 is 0 Å². The molecule has 1 heterocycles. The summed E-state index contributed by atoms with van der Waals surface area (Å²) in [5.41, 5.74) is 0. The van der Waals surface area contributed by atoms with E-state index < -0.39 is 0 Å². The van der Waals surface area contributed by atoms with E-state index in [9.17, 15) is 0 Å². The highest BCUT2D eigenvalue weighted by Gasteiger charge is 2.27. The molecule has 0 saturated carbocycles. The Balaban J connectivity index is 2.31. The fourth-order valence-corrected chi connectivity index (χ4v) is 2.39. The maximum absolute atomic E-state index is 5.91. The highest BCUT2D eigenvalue weighted by atomic mass is 35.5. The number of nitrogens with zero attached hydrogens (tertiary/aromatic N) is 1. The third-order valence-corrected chi connectivity index (χ3v) is 3.26. The second kappa shape index (κ2) is 5.84. The molecule has 0 radical (unpaired) electrons. The topological polar surface area (TPSA) is 12.5 Å². The standard InChI is InChI=1S/C10H20ClNO/c1-9(5-7-13-2)12-6-3-4-10(12)8-11/h9-10H,3-8H2,1-2H3. The van der Waals surface area contributed by atoms with Crippen molar-refractivity contribution in [2.24, 2.45) is 0 Å². The van der Waals surface area contributed by atoms with Gasteiger partial charge >= 0.3 is 0 Å².